The second-order valence-corrected chi connectivity index (χ2v) is 6.08. The first-order valence-electron chi connectivity index (χ1n) is 8.21. The number of hydrogen-bond donors (Lipinski definition) is 4. The van der Waals surface area contributed by atoms with Gasteiger partial charge >= 0.3 is 6.03 Å². The van der Waals surface area contributed by atoms with Crippen molar-refractivity contribution in [1.82, 2.24) is 16.1 Å². The quantitative estimate of drug-likeness (QED) is 0.477. The Labute approximate surface area is 136 Å². The van der Waals surface area contributed by atoms with Crippen molar-refractivity contribution in [3.8, 4) is 0 Å². The lowest BCUT2D eigenvalue weighted by atomic mass is 9.89. The van der Waals surface area contributed by atoms with Crippen molar-refractivity contribution in [3.05, 3.63) is 35.9 Å². The lowest BCUT2D eigenvalue weighted by Gasteiger charge is -2.24. The molecule has 0 radical (unpaired) electrons. The molecule has 1 saturated carbocycles. The van der Waals surface area contributed by atoms with Crippen LogP contribution in [0.3, 0.4) is 0 Å². The van der Waals surface area contributed by atoms with E-state index in [1.807, 2.05) is 30.3 Å². The van der Waals surface area contributed by atoms with Crippen LogP contribution in [0.1, 0.15) is 37.7 Å². The zero-order chi connectivity index (χ0) is 16.5. The molecule has 0 aliphatic heterocycles. The number of urea groups is 1. The Morgan fingerprint density at radius 1 is 1.13 bits per heavy atom. The molecule has 2 rings (SSSR count). The van der Waals surface area contributed by atoms with Crippen LogP contribution in [0.15, 0.2) is 30.3 Å². The molecule has 1 aromatic carbocycles. The molecule has 4 N–H and O–H groups in total. The molecule has 1 aliphatic carbocycles. The summed E-state index contributed by atoms with van der Waals surface area (Å²) in [4.78, 5) is 23.8. The minimum Gasteiger partial charge on any atom is -0.354 e. The van der Waals surface area contributed by atoms with Gasteiger partial charge in [-0.15, -0.1) is 0 Å². The molecule has 3 amide bonds. The van der Waals surface area contributed by atoms with Gasteiger partial charge in [-0.2, -0.15) is 0 Å². The van der Waals surface area contributed by atoms with E-state index in [4.69, 9.17) is 5.21 Å². The molecule has 6 nitrogen and oxygen atoms in total. The summed E-state index contributed by atoms with van der Waals surface area (Å²) in [7, 11) is 0. The highest BCUT2D eigenvalue weighted by atomic mass is 16.5. The van der Waals surface area contributed by atoms with E-state index in [0.717, 1.165) is 18.4 Å². The van der Waals surface area contributed by atoms with Gasteiger partial charge in [0.25, 0.3) is 0 Å². The largest absolute Gasteiger partial charge is 0.354 e. The fourth-order valence-electron chi connectivity index (χ4n) is 3.01. The van der Waals surface area contributed by atoms with Crippen LogP contribution in [-0.2, 0) is 11.2 Å². The van der Waals surface area contributed by atoms with Gasteiger partial charge in [0, 0.05) is 13.0 Å². The van der Waals surface area contributed by atoms with Crippen LogP contribution in [0.25, 0.3) is 0 Å². The molecule has 1 atom stereocenters. The van der Waals surface area contributed by atoms with Gasteiger partial charge in [0.05, 0.1) is 0 Å². The van der Waals surface area contributed by atoms with Crippen molar-refractivity contribution in [2.24, 2.45) is 5.92 Å². The fourth-order valence-corrected chi connectivity index (χ4v) is 3.01. The Morgan fingerprint density at radius 3 is 2.48 bits per heavy atom. The SMILES string of the molecule is O=C(NO)NC(Cc1ccccc1)C(=O)NCC1CCCCC1. The zero-order valence-electron chi connectivity index (χ0n) is 13.3. The van der Waals surface area contributed by atoms with Gasteiger partial charge in [-0.05, 0) is 24.3 Å². The van der Waals surface area contributed by atoms with Crippen LogP contribution < -0.4 is 16.1 Å². The third-order valence-corrected chi connectivity index (χ3v) is 4.30. The molecule has 0 heterocycles. The minimum atomic E-state index is -0.779. The Bertz CT molecular complexity index is 501. The molecule has 23 heavy (non-hydrogen) atoms. The van der Waals surface area contributed by atoms with Crippen molar-refractivity contribution in [1.29, 1.82) is 0 Å². The molecule has 6 heteroatoms. The molecule has 1 aromatic rings. The minimum absolute atomic E-state index is 0.219. The second-order valence-electron chi connectivity index (χ2n) is 6.08. The van der Waals surface area contributed by atoms with Crippen LogP contribution in [-0.4, -0.2) is 29.7 Å². The van der Waals surface area contributed by atoms with Gasteiger partial charge in [0.15, 0.2) is 0 Å². The first-order valence-corrected chi connectivity index (χ1v) is 8.21. The number of nitrogens with one attached hydrogen (secondary N) is 3. The molecule has 1 unspecified atom stereocenters. The van der Waals surface area contributed by atoms with Gasteiger partial charge in [-0.1, -0.05) is 49.6 Å². The maximum atomic E-state index is 12.4. The monoisotopic (exact) mass is 319 g/mol. The van der Waals surface area contributed by atoms with Crippen LogP contribution >= 0.6 is 0 Å². The van der Waals surface area contributed by atoms with Gasteiger partial charge in [0.1, 0.15) is 6.04 Å². The number of benzene rings is 1. The average Bonchev–Trinajstić information content (AvgIpc) is 2.60. The van der Waals surface area contributed by atoms with Crippen molar-refractivity contribution >= 4 is 11.9 Å². The number of hydroxylamine groups is 1. The van der Waals surface area contributed by atoms with Crippen LogP contribution in [0.4, 0.5) is 4.79 Å². The molecular formula is C17H25N3O3. The number of hydrogen-bond acceptors (Lipinski definition) is 3. The Balaban J connectivity index is 1.91. The summed E-state index contributed by atoms with van der Waals surface area (Å²) < 4.78 is 0. The lowest BCUT2D eigenvalue weighted by molar-refractivity contribution is -0.123. The molecule has 0 saturated heterocycles. The first-order chi connectivity index (χ1) is 11.2. The molecule has 1 aliphatic rings. The molecule has 0 spiro atoms. The standard InChI is InChI=1S/C17H25N3O3/c21-16(18-12-14-9-5-2-6-10-14)15(19-17(22)20-23)11-13-7-3-1-4-8-13/h1,3-4,7-8,14-15,23H,2,5-6,9-12H2,(H,18,21)(H2,19,20,22). The van der Waals surface area contributed by atoms with E-state index >= 15 is 0 Å². The third-order valence-electron chi connectivity index (χ3n) is 4.30. The fraction of sp³-hybridized carbons (Fsp3) is 0.529. The van der Waals surface area contributed by atoms with Crippen molar-refractivity contribution < 1.29 is 14.8 Å². The second kappa shape index (κ2) is 9.15. The van der Waals surface area contributed by atoms with E-state index in [2.05, 4.69) is 10.6 Å². The van der Waals surface area contributed by atoms with E-state index in [-0.39, 0.29) is 5.91 Å². The van der Waals surface area contributed by atoms with Crippen LogP contribution in [0.5, 0.6) is 0 Å². The topological polar surface area (TPSA) is 90.5 Å². The Morgan fingerprint density at radius 2 is 1.83 bits per heavy atom. The highest BCUT2D eigenvalue weighted by molar-refractivity contribution is 5.86. The highest BCUT2D eigenvalue weighted by Gasteiger charge is 2.22. The molecule has 0 aromatic heterocycles. The number of amides is 3. The summed E-state index contributed by atoms with van der Waals surface area (Å²) >= 11 is 0. The molecule has 126 valence electrons. The summed E-state index contributed by atoms with van der Waals surface area (Å²) in [5.74, 6) is 0.305. The number of carbonyl (C=O) groups excluding carboxylic acids is 2. The van der Waals surface area contributed by atoms with E-state index in [1.54, 1.807) is 0 Å². The van der Waals surface area contributed by atoms with Crippen LogP contribution in [0, 0.1) is 5.92 Å². The summed E-state index contributed by atoms with van der Waals surface area (Å²) in [6.45, 7) is 0.645. The third kappa shape index (κ3) is 5.90. The predicted octanol–water partition coefficient (Wildman–Crippen LogP) is 1.98. The van der Waals surface area contributed by atoms with Crippen molar-refractivity contribution in [3.63, 3.8) is 0 Å². The highest BCUT2D eigenvalue weighted by Crippen LogP contribution is 2.22. The Hall–Kier alpha value is -2.08. The smallest absolute Gasteiger partial charge is 0.339 e. The van der Waals surface area contributed by atoms with Gasteiger partial charge in [-0.3, -0.25) is 10.0 Å². The maximum Gasteiger partial charge on any atom is 0.339 e. The summed E-state index contributed by atoms with van der Waals surface area (Å²) in [5, 5.41) is 14.1. The predicted molar refractivity (Wildman–Crippen MR) is 87.0 cm³/mol. The van der Waals surface area contributed by atoms with Crippen molar-refractivity contribution in [2.75, 3.05) is 6.54 Å². The summed E-state index contributed by atoms with van der Waals surface area (Å²) in [6, 6.07) is 7.98. The van der Waals surface area contributed by atoms with Gasteiger partial charge < -0.3 is 10.6 Å². The normalized spacial score (nSPS) is 16.4. The first kappa shape index (κ1) is 17.3. The molecule has 0 bridgehead atoms. The maximum absolute atomic E-state index is 12.4. The zero-order valence-corrected chi connectivity index (χ0v) is 13.3. The number of carbonyl (C=O) groups is 2. The van der Waals surface area contributed by atoms with E-state index in [0.29, 0.717) is 18.9 Å². The van der Waals surface area contributed by atoms with Crippen molar-refractivity contribution in [2.45, 2.75) is 44.6 Å². The van der Waals surface area contributed by atoms with Crippen LogP contribution in [0.2, 0.25) is 0 Å². The average molecular weight is 319 g/mol. The molecular weight excluding hydrogens is 294 g/mol. The van der Waals surface area contributed by atoms with Gasteiger partial charge in [-0.25, -0.2) is 10.3 Å². The van der Waals surface area contributed by atoms with E-state index in [9.17, 15) is 9.59 Å². The lowest BCUT2D eigenvalue weighted by Crippen LogP contribution is -2.51. The number of rotatable bonds is 6. The summed E-state index contributed by atoms with van der Waals surface area (Å²) in [5.41, 5.74) is 2.46. The Kier molecular flexibility index (Phi) is 6.87. The molecule has 1 fully saturated rings. The van der Waals surface area contributed by atoms with Gasteiger partial charge in [0.2, 0.25) is 5.91 Å². The van der Waals surface area contributed by atoms with E-state index < -0.39 is 12.1 Å². The van der Waals surface area contributed by atoms with E-state index in [1.165, 1.54) is 24.7 Å². The summed E-state index contributed by atoms with van der Waals surface area (Å²) in [6.07, 6.45) is 6.39.